The molecule has 0 aliphatic carbocycles. The van der Waals surface area contributed by atoms with Crippen molar-refractivity contribution in [2.75, 3.05) is 5.32 Å². The Morgan fingerprint density at radius 3 is 2.48 bits per heavy atom. The lowest BCUT2D eigenvalue weighted by Crippen LogP contribution is -2.12. The normalized spacial score (nSPS) is 10.6. The van der Waals surface area contributed by atoms with E-state index in [1.54, 1.807) is 22.9 Å². The Hall–Kier alpha value is -2.30. The number of hydrogen-bond acceptors (Lipinski definition) is 2. The van der Waals surface area contributed by atoms with E-state index >= 15 is 0 Å². The second-order valence-corrected chi connectivity index (χ2v) is 5.87. The van der Waals surface area contributed by atoms with Gasteiger partial charge in [0.2, 0.25) is 0 Å². The molecule has 0 spiro atoms. The van der Waals surface area contributed by atoms with Crippen LogP contribution in [0.3, 0.4) is 0 Å². The second kappa shape index (κ2) is 6.44. The molecule has 0 saturated heterocycles. The summed E-state index contributed by atoms with van der Waals surface area (Å²) in [7, 11) is 0. The smallest absolute Gasteiger partial charge is 0.257 e. The molecule has 0 atom stereocenters. The van der Waals surface area contributed by atoms with Crippen LogP contribution in [0.4, 0.5) is 5.69 Å². The Bertz CT molecular complexity index is 857. The van der Waals surface area contributed by atoms with Crippen molar-refractivity contribution < 1.29 is 4.79 Å². The van der Waals surface area contributed by atoms with Crippen molar-refractivity contribution >= 4 is 34.8 Å². The fraction of sp³-hybridized carbons (Fsp3) is 0.0588. The van der Waals surface area contributed by atoms with E-state index in [1.807, 2.05) is 43.5 Å². The molecular formula is C17H13Cl2N3O. The highest BCUT2D eigenvalue weighted by molar-refractivity contribution is 6.36. The van der Waals surface area contributed by atoms with E-state index < -0.39 is 0 Å². The number of hydrogen-bond donors (Lipinski definition) is 1. The van der Waals surface area contributed by atoms with Gasteiger partial charge >= 0.3 is 0 Å². The van der Waals surface area contributed by atoms with Crippen LogP contribution in [0.25, 0.3) is 5.69 Å². The molecule has 1 heterocycles. The lowest BCUT2D eigenvalue weighted by atomic mass is 10.2. The van der Waals surface area contributed by atoms with E-state index in [1.165, 1.54) is 0 Å². The van der Waals surface area contributed by atoms with Crippen molar-refractivity contribution in [3.63, 3.8) is 0 Å². The van der Waals surface area contributed by atoms with E-state index in [4.69, 9.17) is 23.2 Å². The molecule has 2 aromatic carbocycles. The minimum Gasteiger partial charge on any atom is -0.322 e. The molecule has 6 heteroatoms. The van der Waals surface area contributed by atoms with Crippen LogP contribution >= 0.6 is 23.2 Å². The summed E-state index contributed by atoms with van der Waals surface area (Å²) in [5.74, 6) is -0.305. The summed E-state index contributed by atoms with van der Waals surface area (Å²) >= 11 is 11.9. The standard InChI is InChI=1S/C17H13Cl2N3O/c1-11-8-9-22(21-11)14-5-3-13(4-6-14)20-17(23)15-10-12(18)2-7-16(15)19/h2-10H,1H3,(H,20,23). The van der Waals surface area contributed by atoms with Gasteiger partial charge in [-0.25, -0.2) is 4.68 Å². The minimum atomic E-state index is -0.305. The third kappa shape index (κ3) is 3.55. The summed E-state index contributed by atoms with van der Waals surface area (Å²) in [6.45, 7) is 1.93. The first-order valence-electron chi connectivity index (χ1n) is 6.92. The van der Waals surface area contributed by atoms with Gasteiger partial charge < -0.3 is 5.32 Å². The third-order valence-corrected chi connectivity index (χ3v) is 3.85. The maximum Gasteiger partial charge on any atom is 0.257 e. The molecule has 0 radical (unpaired) electrons. The van der Waals surface area contributed by atoms with Crippen molar-refractivity contribution in [3.05, 3.63) is 76.0 Å². The fourth-order valence-electron chi connectivity index (χ4n) is 2.13. The average molecular weight is 346 g/mol. The van der Waals surface area contributed by atoms with Gasteiger partial charge in [-0.05, 0) is 55.5 Å². The van der Waals surface area contributed by atoms with Crippen molar-refractivity contribution in [3.8, 4) is 5.69 Å². The highest BCUT2D eigenvalue weighted by Crippen LogP contribution is 2.22. The number of amides is 1. The predicted molar refractivity (Wildman–Crippen MR) is 92.7 cm³/mol. The Morgan fingerprint density at radius 2 is 1.83 bits per heavy atom. The zero-order chi connectivity index (χ0) is 16.4. The van der Waals surface area contributed by atoms with Crippen LogP contribution in [0.5, 0.6) is 0 Å². The average Bonchev–Trinajstić information content (AvgIpc) is 2.97. The first kappa shape index (κ1) is 15.6. The molecule has 1 aromatic heterocycles. The van der Waals surface area contributed by atoms with Gasteiger partial charge in [0.15, 0.2) is 0 Å². The monoisotopic (exact) mass is 345 g/mol. The van der Waals surface area contributed by atoms with Crippen molar-refractivity contribution in [1.82, 2.24) is 9.78 Å². The van der Waals surface area contributed by atoms with E-state index in [9.17, 15) is 4.79 Å². The number of carbonyl (C=O) groups is 1. The van der Waals surface area contributed by atoms with Crippen molar-refractivity contribution in [2.45, 2.75) is 6.92 Å². The van der Waals surface area contributed by atoms with Crippen LogP contribution in [-0.2, 0) is 0 Å². The number of aromatic nitrogens is 2. The Balaban J connectivity index is 1.78. The summed E-state index contributed by atoms with van der Waals surface area (Å²) < 4.78 is 1.77. The molecule has 0 saturated carbocycles. The number of nitrogens with one attached hydrogen (secondary N) is 1. The molecule has 0 fully saturated rings. The summed E-state index contributed by atoms with van der Waals surface area (Å²) in [6, 6.07) is 14.1. The van der Waals surface area contributed by atoms with E-state index in [0.717, 1.165) is 11.4 Å². The topological polar surface area (TPSA) is 46.9 Å². The van der Waals surface area contributed by atoms with Gasteiger partial charge in [0, 0.05) is 16.9 Å². The quantitative estimate of drug-likeness (QED) is 0.745. The number of aryl methyl sites for hydroxylation is 1. The Morgan fingerprint density at radius 1 is 1.09 bits per heavy atom. The van der Waals surface area contributed by atoms with E-state index in [2.05, 4.69) is 10.4 Å². The number of benzene rings is 2. The van der Waals surface area contributed by atoms with Gasteiger partial charge in [-0.2, -0.15) is 5.10 Å². The molecule has 23 heavy (non-hydrogen) atoms. The van der Waals surface area contributed by atoms with E-state index in [0.29, 0.717) is 21.3 Å². The zero-order valence-electron chi connectivity index (χ0n) is 12.3. The third-order valence-electron chi connectivity index (χ3n) is 3.29. The van der Waals surface area contributed by atoms with Gasteiger partial charge in [-0.3, -0.25) is 4.79 Å². The Labute approximate surface area is 143 Å². The molecule has 0 aliphatic rings. The van der Waals surface area contributed by atoms with Crippen LogP contribution in [0.15, 0.2) is 54.7 Å². The van der Waals surface area contributed by atoms with Gasteiger partial charge in [0.1, 0.15) is 0 Å². The second-order valence-electron chi connectivity index (χ2n) is 5.03. The number of carbonyl (C=O) groups excluding carboxylic acids is 1. The lowest BCUT2D eigenvalue weighted by Gasteiger charge is -2.08. The fourth-order valence-corrected chi connectivity index (χ4v) is 2.50. The molecule has 116 valence electrons. The summed E-state index contributed by atoms with van der Waals surface area (Å²) in [6.07, 6.45) is 1.88. The lowest BCUT2D eigenvalue weighted by molar-refractivity contribution is 0.102. The first-order valence-corrected chi connectivity index (χ1v) is 7.67. The largest absolute Gasteiger partial charge is 0.322 e. The maximum atomic E-state index is 12.3. The highest BCUT2D eigenvalue weighted by Gasteiger charge is 2.11. The van der Waals surface area contributed by atoms with Gasteiger partial charge in [-0.15, -0.1) is 0 Å². The molecule has 4 nitrogen and oxygen atoms in total. The van der Waals surface area contributed by atoms with Crippen LogP contribution in [0, 0.1) is 6.92 Å². The van der Waals surface area contributed by atoms with Gasteiger partial charge in [0.05, 0.1) is 22.0 Å². The zero-order valence-corrected chi connectivity index (χ0v) is 13.8. The first-order chi connectivity index (χ1) is 11.0. The molecule has 3 rings (SSSR count). The molecule has 0 bridgehead atoms. The molecule has 3 aromatic rings. The number of nitrogens with zero attached hydrogens (tertiary/aromatic N) is 2. The van der Waals surface area contributed by atoms with Crippen LogP contribution < -0.4 is 5.32 Å². The SMILES string of the molecule is Cc1ccn(-c2ccc(NC(=O)c3cc(Cl)ccc3Cl)cc2)n1. The van der Waals surface area contributed by atoms with Crippen molar-refractivity contribution in [2.24, 2.45) is 0 Å². The molecule has 0 unspecified atom stereocenters. The molecule has 0 aliphatic heterocycles. The summed E-state index contributed by atoms with van der Waals surface area (Å²) in [5, 5.41) is 7.96. The van der Waals surface area contributed by atoms with Crippen molar-refractivity contribution in [1.29, 1.82) is 0 Å². The number of rotatable bonds is 3. The van der Waals surface area contributed by atoms with E-state index in [-0.39, 0.29) is 5.91 Å². The molecular weight excluding hydrogens is 333 g/mol. The van der Waals surface area contributed by atoms with Crippen LogP contribution in [0.2, 0.25) is 10.0 Å². The van der Waals surface area contributed by atoms with Gasteiger partial charge in [0.25, 0.3) is 5.91 Å². The number of halogens is 2. The molecule has 1 N–H and O–H groups in total. The molecule has 1 amide bonds. The van der Waals surface area contributed by atoms with Crippen LogP contribution in [-0.4, -0.2) is 15.7 Å². The highest BCUT2D eigenvalue weighted by atomic mass is 35.5. The van der Waals surface area contributed by atoms with Crippen LogP contribution in [0.1, 0.15) is 16.1 Å². The van der Waals surface area contributed by atoms with Gasteiger partial charge in [-0.1, -0.05) is 23.2 Å². The minimum absolute atomic E-state index is 0.305. The predicted octanol–water partition coefficient (Wildman–Crippen LogP) is 4.74. The maximum absolute atomic E-state index is 12.3. The summed E-state index contributed by atoms with van der Waals surface area (Å²) in [5.41, 5.74) is 2.86. The summed E-state index contributed by atoms with van der Waals surface area (Å²) in [4.78, 5) is 12.3. The number of anilines is 1. The Kier molecular flexibility index (Phi) is 4.37.